The third-order valence-electron chi connectivity index (χ3n) is 4.58. The van der Waals surface area contributed by atoms with Crippen LogP contribution in [0, 0.1) is 0 Å². The lowest BCUT2D eigenvalue weighted by atomic mass is 10.2. The summed E-state index contributed by atoms with van der Waals surface area (Å²) < 4.78 is 0. The Bertz CT molecular complexity index is 953. The predicted octanol–water partition coefficient (Wildman–Crippen LogP) is 4.73. The van der Waals surface area contributed by atoms with Crippen molar-refractivity contribution in [1.29, 1.82) is 0 Å². The van der Waals surface area contributed by atoms with Crippen LogP contribution >= 0.6 is 11.6 Å². The van der Waals surface area contributed by atoms with Gasteiger partial charge >= 0.3 is 0 Å². The van der Waals surface area contributed by atoms with Crippen LogP contribution < -0.4 is 15.5 Å². The van der Waals surface area contributed by atoms with E-state index in [1.807, 2.05) is 12.1 Å². The van der Waals surface area contributed by atoms with E-state index >= 15 is 0 Å². The average molecular weight is 394 g/mol. The number of rotatable bonds is 5. The van der Waals surface area contributed by atoms with Gasteiger partial charge in [-0.25, -0.2) is 9.97 Å². The molecular formula is C21H20ClN5O. The lowest BCUT2D eigenvalue weighted by molar-refractivity contribution is 0.102. The maximum atomic E-state index is 12.4. The smallest absolute Gasteiger partial charge is 0.274 e. The van der Waals surface area contributed by atoms with Crippen molar-refractivity contribution < 1.29 is 4.79 Å². The summed E-state index contributed by atoms with van der Waals surface area (Å²) in [5.74, 6) is 0.0647. The molecule has 1 saturated heterocycles. The molecule has 0 unspecified atom stereocenters. The maximum absolute atomic E-state index is 12.4. The molecule has 4 rings (SSSR count). The van der Waals surface area contributed by atoms with Gasteiger partial charge in [0.2, 0.25) is 5.95 Å². The second-order valence-corrected chi connectivity index (χ2v) is 7.03. The molecule has 0 bridgehead atoms. The standard InChI is InChI=1S/C21H20ClN5O/c22-15-3-5-16(6-4-15)24-20(28)19-11-12-23-21(26-19)25-17-7-9-18(10-8-17)27-13-1-2-14-27/h3-12H,1-2,13-14H2,(H,24,28)(H,23,25,26). The van der Waals surface area contributed by atoms with E-state index in [0.29, 0.717) is 16.7 Å². The van der Waals surface area contributed by atoms with Gasteiger partial charge in [0.1, 0.15) is 5.69 Å². The molecule has 3 aromatic rings. The summed E-state index contributed by atoms with van der Waals surface area (Å²) in [6.45, 7) is 2.22. The number of carbonyl (C=O) groups excluding carboxylic acids is 1. The van der Waals surface area contributed by atoms with E-state index in [9.17, 15) is 4.79 Å². The van der Waals surface area contributed by atoms with E-state index in [-0.39, 0.29) is 11.6 Å². The molecule has 1 amide bonds. The number of carbonyl (C=O) groups is 1. The van der Waals surface area contributed by atoms with Gasteiger partial charge in [-0.1, -0.05) is 11.6 Å². The van der Waals surface area contributed by atoms with Crippen LogP contribution in [-0.4, -0.2) is 29.0 Å². The summed E-state index contributed by atoms with van der Waals surface area (Å²) in [6, 6.07) is 16.7. The minimum Gasteiger partial charge on any atom is -0.372 e. The van der Waals surface area contributed by atoms with Crippen molar-refractivity contribution in [2.75, 3.05) is 28.6 Å². The summed E-state index contributed by atoms with van der Waals surface area (Å²) in [5, 5.41) is 6.56. The number of nitrogens with zero attached hydrogens (tertiary/aromatic N) is 3. The predicted molar refractivity (Wildman–Crippen MR) is 113 cm³/mol. The normalized spacial score (nSPS) is 13.4. The van der Waals surface area contributed by atoms with Crippen molar-refractivity contribution in [3.05, 3.63) is 71.5 Å². The van der Waals surface area contributed by atoms with Crippen LogP contribution in [0.1, 0.15) is 23.3 Å². The van der Waals surface area contributed by atoms with E-state index in [1.165, 1.54) is 18.5 Å². The van der Waals surface area contributed by atoms with Gasteiger partial charge < -0.3 is 15.5 Å². The topological polar surface area (TPSA) is 70.2 Å². The third kappa shape index (κ3) is 4.40. The van der Waals surface area contributed by atoms with Crippen molar-refractivity contribution in [2.45, 2.75) is 12.8 Å². The van der Waals surface area contributed by atoms with Crippen LogP contribution in [0.15, 0.2) is 60.8 Å². The lowest BCUT2D eigenvalue weighted by Gasteiger charge is -2.17. The molecule has 1 aliphatic rings. The molecule has 142 valence electrons. The van der Waals surface area contributed by atoms with E-state index in [4.69, 9.17) is 11.6 Å². The highest BCUT2D eigenvalue weighted by Crippen LogP contribution is 2.23. The molecule has 1 fully saturated rings. The zero-order valence-corrected chi connectivity index (χ0v) is 16.0. The summed E-state index contributed by atoms with van der Waals surface area (Å²) >= 11 is 5.87. The molecule has 0 saturated carbocycles. The van der Waals surface area contributed by atoms with Crippen molar-refractivity contribution in [3.8, 4) is 0 Å². The number of halogens is 1. The van der Waals surface area contributed by atoms with Gasteiger partial charge in [0.05, 0.1) is 0 Å². The Morgan fingerprint density at radius 3 is 2.32 bits per heavy atom. The van der Waals surface area contributed by atoms with E-state index in [2.05, 4.69) is 37.6 Å². The molecule has 0 spiro atoms. The Balaban J connectivity index is 1.43. The highest BCUT2D eigenvalue weighted by atomic mass is 35.5. The van der Waals surface area contributed by atoms with Crippen LogP contribution in [0.3, 0.4) is 0 Å². The van der Waals surface area contributed by atoms with Crippen molar-refractivity contribution in [3.63, 3.8) is 0 Å². The van der Waals surface area contributed by atoms with Gasteiger partial charge in [0, 0.05) is 41.4 Å². The lowest BCUT2D eigenvalue weighted by Crippen LogP contribution is -2.17. The molecule has 1 aliphatic heterocycles. The summed E-state index contributed by atoms with van der Waals surface area (Å²) in [7, 11) is 0. The number of anilines is 4. The molecule has 2 aromatic carbocycles. The zero-order chi connectivity index (χ0) is 19.3. The molecule has 7 heteroatoms. The molecule has 0 atom stereocenters. The van der Waals surface area contributed by atoms with Crippen LogP contribution in [0.25, 0.3) is 0 Å². The molecule has 0 aliphatic carbocycles. The molecule has 0 radical (unpaired) electrons. The number of hydrogen-bond donors (Lipinski definition) is 2. The Kier molecular flexibility index (Phi) is 5.39. The summed E-state index contributed by atoms with van der Waals surface area (Å²) in [4.78, 5) is 23.3. The van der Waals surface area contributed by atoms with E-state index in [1.54, 1.807) is 36.5 Å². The Hall–Kier alpha value is -3.12. The van der Waals surface area contributed by atoms with Gasteiger partial charge in [-0.2, -0.15) is 0 Å². The number of amides is 1. The molecule has 1 aromatic heterocycles. The van der Waals surface area contributed by atoms with Gasteiger partial charge in [0.25, 0.3) is 5.91 Å². The average Bonchev–Trinajstić information content (AvgIpc) is 3.25. The Morgan fingerprint density at radius 1 is 0.929 bits per heavy atom. The first-order chi connectivity index (χ1) is 13.7. The van der Waals surface area contributed by atoms with Gasteiger partial charge in [-0.05, 0) is 67.4 Å². The Labute approximate surface area is 168 Å². The van der Waals surface area contributed by atoms with Crippen LogP contribution in [0.4, 0.5) is 23.0 Å². The second kappa shape index (κ2) is 8.27. The fourth-order valence-corrected chi connectivity index (χ4v) is 3.26. The fourth-order valence-electron chi connectivity index (χ4n) is 3.13. The molecule has 6 nitrogen and oxygen atoms in total. The number of aromatic nitrogens is 2. The van der Waals surface area contributed by atoms with Crippen molar-refractivity contribution in [1.82, 2.24) is 9.97 Å². The second-order valence-electron chi connectivity index (χ2n) is 6.59. The minimum atomic E-state index is -0.308. The van der Waals surface area contributed by atoms with Crippen LogP contribution in [0.2, 0.25) is 5.02 Å². The number of hydrogen-bond acceptors (Lipinski definition) is 5. The number of nitrogens with one attached hydrogen (secondary N) is 2. The highest BCUT2D eigenvalue weighted by molar-refractivity contribution is 6.30. The SMILES string of the molecule is O=C(Nc1ccc(Cl)cc1)c1ccnc(Nc2ccc(N3CCCC3)cc2)n1. The van der Waals surface area contributed by atoms with E-state index < -0.39 is 0 Å². The molecular weight excluding hydrogens is 374 g/mol. The van der Waals surface area contributed by atoms with Gasteiger partial charge in [0.15, 0.2) is 0 Å². The van der Waals surface area contributed by atoms with Crippen LogP contribution in [-0.2, 0) is 0 Å². The molecule has 2 N–H and O–H groups in total. The third-order valence-corrected chi connectivity index (χ3v) is 4.84. The zero-order valence-electron chi connectivity index (χ0n) is 15.2. The molecule has 2 heterocycles. The van der Waals surface area contributed by atoms with Crippen molar-refractivity contribution >= 4 is 40.5 Å². The monoisotopic (exact) mass is 393 g/mol. The quantitative estimate of drug-likeness (QED) is 0.656. The summed E-state index contributed by atoms with van der Waals surface area (Å²) in [5.41, 5.74) is 3.03. The maximum Gasteiger partial charge on any atom is 0.274 e. The molecule has 28 heavy (non-hydrogen) atoms. The van der Waals surface area contributed by atoms with Gasteiger partial charge in [-0.3, -0.25) is 4.79 Å². The largest absolute Gasteiger partial charge is 0.372 e. The highest BCUT2D eigenvalue weighted by Gasteiger charge is 2.12. The van der Waals surface area contributed by atoms with Gasteiger partial charge in [-0.15, -0.1) is 0 Å². The fraction of sp³-hybridized carbons (Fsp3) is 0.190. The van der Waals surface area contributed by atoms with Crippen molar-refractivity contribution in [2.24, 2.45) is 0 Å². The van der Waals surface area contributed by atoms with Crippen LogP contribution in [0.5, 0.6) is 0 Å². The first-order valence-corrected chi connectivity index (χ1v) is 9.57. The first-order valence-electron chi connectivity index (χ1n) is 9.19. The first kappa shape index (κ1) is 18.3. The minimum absolute atomic E-state index is 0.279. The number of benzene rings is 2. The van der Waals surface area contributed by atoms with E-state index in [0.717, 1.165) is 18.8 Å². The summed E-state index contributed by atoms with van der Waals surface area (Å²) in [6.07, 6.45) is 4.06. The Morgan fingerprint density at radius 2 is 1.61 bits per heavy atom.